The number of sulfonamides is 1. The van der Waals surface area contributed by atoms with Crippen LogP contribution in [0.4, 0.5) is 10.8 Å². The maximum absolute atomic E-state index is 13.2. The van der Waals surface area contributed by atoms with E-state index in [9.17, 15) is 13.2 Å². The Balaban J connectivity index is 1.49. The minimum Gasteiger partial charge on any atom is -0.299 e. The lowest BCUT2D eigenvalue weighted by molar-refractivity contribution is -0.115. The number of carbonyl (C=O) groups excluding carboxylic acids is 1. The normalized spacial score (nSPS) is 12.2. The number of thioether (sulfide) groups is 2. The molecule has 0 spiro atoms. The predicted molar refractivity (Wildman–Crippen MR) is 148 cm³/mol. The molecule has 1 aromatic heterocycles. The number of hydrogen-bond acceptors (Lipinski definition) is 8. The van der Waals surface area contributed by atoms with Crippen LogP contribution in [-0.4, -0.2) is 29.4 Å². The van der Waals surface area contributed by atoms with Gasteiger partial charge in [-0.1, -0.05) is 66.7 Å². The van der Waals surface area contributed by atoms with E-state index in [-0.39, 0.29) is 10.8 Å². The summed E-state index contributed by atoms with van der Waals surface area (Å²) in [6.07, 6.45) is 0. The third-order valence-corrected chi connectivity index (χ3v) is 9.08. The zero-order valence-corrected chi connectivity index (χ0v) is 22.8. The van der Waals surface area contributed by atoms with E-state index in [1.165, 1.54) is 23.5 Å². The Kier molecular flexibility index (Phi) is 8.68. The van der Waals surface area contributed by atoms with Gasteiger partial charge in [-0.15, -0.1) is 11.8 Å². The molecule has 4 aromatic rings. The average Bonchev–Trinajstić information content (AvgIpc) is 3.31. The summed E-state index contributed by atoms with van der Waals surface area (Å²) in [5.74, 6) is 0.642. The fraction of sp³-hybridized carbons (Fsp3) is 0.160. The van der Waals surface area contributed by atoms with Gasteiger partial charge in [0.1, 0.15) is 5.25 Å². The number of carbonyl (C=O) groups is 1. The van der Waals surface area contributed by atoms with Crippen LogP contribution < -0.4 is 10.0 Å². The molecule has 2 N–H and O–H groups in total. The summed E-state index contributed by atoms with van der Waals surface area (Å²) in [7, 11) is -3.69. The number of nitrogens with one attached hydrogen (secondary N) is 2. The molecule has 0 radical (unpaired) electrons. The van der Waals surface area contributed by atoms with Gasteiger partial charge in [-0.05, 0) is 54.6 Å². The van der Waals surface area contributed by atoms with E-state index in [1.807, 2.05) is 44.2 Å². The second-order valence-corrected chi connectivity index (χ2v) is 12.5. The number of aromatic nitrogens is 2. The van der Waals surface area contributed by atoms with Crippen molar-refractivity contribution in [1.82, 2.24) is 9.36 Å². The molecule has 3 aromatic carbocycles. The van der Waals surface area contributed by atoms with Gasteiger partial charge in [0.15, 0.2) is 0 Å². The Morgan fingerprint density at radius 1 is 1.00 bits per heavy atom. The van der Waals surface area contributed by atoms with Gasteiger partial charge in [-0.3, -0.25) is 14.8 Å². The van der Waals surface area contributed by atoms with Crippen molar-refractivity contribution in [2.75, 3.05) is 15.8 Å². The average molecular weight is 557 g/mol. The number of aryl methyl sites for hydroxylation is 1. The van der Waals surface area contributed by atoms with Gasteiger partial charge in [-0.2, -0.15) is 9.36 Å². The van der Waals surface area contributed by atoms with Gasteiger partial charge in [-0.25, -0.2) is 8.42 Å². The smallest absolute Gasteiger partial charge is 0.261 e. The molecule has 11 heteroatoms. The van der Waals surface area contributed by atoms with Crippen molar-refractivity contribution < 1.29 is 13.2 Å². The van der Waals surface area contributed by atoms with Crippen LogP contribution in [-0.2, 0) is 14.8 Å². The molecule has 0 saturated heterocycles. The van der Waals surface area contributed by atoms with E-state index in [4.69, 9.17) is 0 Å². The topological polar surface area (TPSA) is 101 Å². The number of amides is 1. The lowest BCUT2D eigenvalue weighted by Gasteiger charge is -2.16. The Morgan fingerprint density at radius 2 is 1.69 bits per heavy atom. The minimum absolute atomic E-state index is 0.199. The van der Waals surface area contributed by atoms with Crippen molar-refractivity contribution in [2.24, 2.45) is 0 Å². The van der Waals surface area contributed by atoms with Crippen LogP contribution in [0, 0.1) is 6.92 Å². The number of hydrogen-bond donors (Lipinski definition) is 2. The second kappa shape index (κ2) is 11.9. The molecule has 0 saturated carbocycles. The zero-order chi connectivity index (χ0) is 25.5. The SMILES string of the molecule is CCSc1nsc(NC(=O)C(Sc2ccc(NS(=O)(=O)c3ccc(C)cc3)cc2)c2ccccc2)n1. The molecular weight excluding hydrogens is 533 g/mol. The van der Waals surface area contributed by atoms with E-state index < -0.39 is 15.3 Å². The molecule has 1 heterocycles. The lowest BCUT2D eigenvalue weighted by Crippen LogP contribution is -2.19. The summed E-state index contributed by atoms with van der Waals surface area (Å²) < 4.78 is 32.2. The van der Waals surface area contributed by atoms with Gasteiger partial charge < -0.3 is 0 Å². The standard InChI is InChI=1S/C25H24N4O3S4/c1-3-33-25-27-24(35-28-25)26-23(30)22(18-7-5-4-6-8-18)34-20-13-11-19(12-14-20)29-36(31,32)21-15-9-17(2)10-16-21/h4-16,22,29H,3H2,1-2H3,(H,26,27,28,30). The molecule has 7 nitrogen and oxygen atoms in total. The van der Waals surface area contributed by atoms with Crippen molar-refractivity contribution >= 4 is 61.8 Å². The summed E-state index contributed by atoms with van der Waals surface area (Å²) in [4.78, 5) is 18.6. The molecule has 0 aliphatic carbocycles. The molecule has 0 aliphatic rings. The highest BCUT2D eigenvalue weighted by molar-refractivity contribution is 8.00. The monoisotopic (exact) mass is 556 g/mol. The van der Waals surface area contributed by atoms with Crippen molar-refractivity contribution in [3.05, 3.63) is 90.0 Å². The van der Waals surface area contributed by atoms with Crippen molar-refractivity contribution in [3.63, 3.8) is 0 Å². The first kappa shape index (κ1) is 26.2. The Morgan fingerprint density at radius 3 is 2.36 bits per heavy atom. The first-order valence-corrected chi connectivity index (χ1v) is 15.1. The number of rotatable bonds is 10. The largest absolute Gasteiger partial charge is 0.299 e. The van der Waals surface area contributed by atoms with Crippen LogP contribution in [0.2, 0.25) is 0 Å². The fourth-order valence-electron chi connectivity index (χ4n) is 3.19. The third kappa shape index (κ3) is 6.88. The molecule has 186 valence electrons. The number of nitrogens with zero attached hydrogens (tertiary/aromatic N) is 2. The van der Waals surface area contributed by atoms with E-state index in [0.29, 0.717) is 16.0 Å². The lowest BCUT2D eigenvalue weighted by atomic mass is 10.1. The molecule has 0 aliphatic heterocycles. The summed E-state index contributed by atoms with van der Waals surface area (Å²) >= 11 is 4.05. The molecule has 0 bridgehead atoms. The van der Waals surface area contributed by atoms with Crippen LogP contribution in [0.3, 0.4) is 0 Å². The Labute approximate surface area is 223 Å². The van der Waals surface area contributed by atoms with Gasteiger partial charge in [0.2, 0.25) is 16.2 Å². The first-order chi connectivity index (χ1) is 17.3. The van der Waals surface area contributed by atoms with Gasteiger partial charge in [0.05, 0.1) is 4.90 Å². The quantitative estimate of drug-likeness (QED) is 0.223. The van der Waals surface area contributed by atoms with E-state index in [1.54, 1.807) is 48.5 Å². The Bertz CT molecular complexity index is 1410. The van der Waals surface area contributed by atoms with Crippen molar-refractivity contribution in [2.45, 2.75) is 34.0 Å². The Hall–Kier alpha value is -2.86. The maximum Gasteiger partial charge on any atom is 0.261 e. The number of benzene rings is 3. The summed E-state index contributed by atoms with van der Waals surface area (Å²) in [5.41, 5.74) is 2.27. The predicted octanol–water partition coefficient (Wildman–Crippen LogP) is 6.23. The van der Waals surface area contributed by atoms with Crippen molar-refractivity contribution in [1.29, 1.82) is 0 Å². The van der Waals surface area contributed by atoms with Gasteiger partial charge in [0.25, 0.3) is 10.0 Å². The first-order valence-electron chi connectivity index (χ1n) is 11.0. The second-order valence-electron chi connectivity index (χ2n) is 7.66. The van der Waals surface area contributed by atoms with Gasteiger partial charge >= 0.3 is 0 Å². The van der Waals surface area contributed by atoms with Crippen LogP contribution in [0.5, 0.6) is 0 Å². The summed E-state index contributed by atoms with van der Waals surface area (Å²) in [6.45, 7) is 3.92. The maximum atomic E-state index is 13.2. The molecule has 0 fully saturated rings. The molecular formula is C25H24N4O3S4. The molecule has 4 rings (SSSR count). The van der Waals surface area contributed by atoms with E-state index in [2.05, 4.69) is 19.4 Å². The van der Waals surface area contributed by atoms with E-state index >= 15 is 0 Å². The molecule has 1 unspecified atom stereocenters. The fourth-order valence-corrected chi connectivity index (χ4v) is 6.55. The summed E-state index contributed by atoms with van der Waals surface area (Å²) in [5, 5.41) is 3.45. The van der Waals surface area contributed by atoms with Crippen LogP contribution >= 0.6 is 35.1 Å². The van der Waals surface area contributed by atoms with Crippen molar-refractivity contribution in [3.8, 4) is 0 Å². The highest BCUT2D eigenvalue weighted by Crippen LogP contribution is 2.37. The molecule has 1 atom stereocenters. The third-order valence-electron chi connectivity index (χ3n) is 4.94. The highest BCUT2D eigenvalue weighted by atomic mass is 32.2. The zero-order valence-electron chi connectivity index (χ0n) is 19.5. The van der Waals surface area contributed by atoms with Gasteiger partial charge in [0, 0.05) is 22.1 Å². The van der Waals surface area contributed by atoms with Crippen LogP contribution in [0.15, 0.2) is 93.8 Å². The van der Waals surface area contributed by atoms with Crippen LogP contribution in [0.25, 0.3) is 0 Å². The minimum atomic E-state index is -3.69. The van der Waals surface area contributed by atoms with E-state index in [0.717, 1.165) is 33.3 Å². The van der Waals surface area contributed by atoms with Crippen LogP contribution in [0.1, 0.15) is 23.3 Å². The highest BCUT2D eigenvalue weighted by Gasteiger charge is 2.23. The summed E-state index contributed by atoms with van der Waals surface area (Å²) in [6, 6.07) is 23.1. The molecule has 1 amide bonds. The number of anilines is 2. The molecule has 36 heavy (non-hydrogen) atoms.